The molecule has 1 unspecified atom stereocenters. The summed E-state index contributed by atoms with van der Waals surface area (Å²) in [5.41, 5.74) is 0.555. The molecule has 2 aromatic rings. The van der Waals surface area contributed by atoms with Crippen molar-refractivity contribution in [1.82, 2.24) is 15.0 Å². The maximum Gasteiger partial charge on any atom is 0.254 e. The molecule has 0 saturated heterocycles. The van der Waals surface area contributed by atoms with Gasteiger partial charge in [0.2, 0.25) is 5.91 Å². The Morgan fingerprint density at radius 3 is 2.43 bits per heavy atom. The molecule has 1 N–H and O–H groups in total. The molecular weight excluding hydrogens is 448 g/mol. The summed E-state index contributed by atoms with van der Waals surface area (Å²) in [7, 11) is 0. The number of carbonyl (C=O) groups is 2. The van der Waals surface area contributed by atoms with Crippen LogP contribution in [0.2, 0.25) is 0 Å². The van der Waals surface area contributed by atoms with Crippen LogP contribution in [-0.2, 0) is 4.79 Å². The maximum absolute atomic E-state index is 13.2. The number of benzene rings is 1. The Hall–Kier alpha value is -2.19. The van der Waals surface area contributed by atoms with Gasteiger partial charge in [0.05, 0.1) is 0 Å². The third kappa shape index (κ3) is 7.25. The van der Waals surface area contributed by atoms with E-state index in [2.05, 4.69) is 45.2 Å². The molecule has 0 saturated carbocycles. The van der Waals surface area contributed by atoms with E-state index in [-0.39, 0.29) is 24.4 Å². The van der Waals surface area contributed by atoms with Crippen LogP contribution in [0.5, 0.6) is 0 Å². The number of anilines is 1. The van der Waals surface area contributed by atoms with Gasteiger partial charge in [0, 0.05) is 22.1 Å². The monoisotopic (exact) mass is 478 g/mol. The minimum atomic E-state index is -0.302. The highest BCUT2D eigenvalue weighted by Gasteiger charge is 2.24. The van der Waals surface area contributed by atoms with E-state index in [0.717, 1.165) is 36.9 Å². The standard InChI is InChI=1S/C22H31BrN4O3/c1-5-26(6-2)13-7-8-16(3)27(22(29)18-9-11-19(23)12-10-18)15-21(28)24-20-14-17(4)30-25-20/h9-12,14,16H,5-8,13,15H2,1-4H3,(H,24,25,28). The van der Waals surface area contributed by atoms with Crippen LogP contribution in [-0.4, -0.2) is 59.0 Å². The van der Waals surface area contributed by atoms with Crippen LogP contribution in [0.25, 0.3) is 0 Å². The third-order valence-corrected chi connectivity index (χ3v) is 5.61. The molecule has 7 nitrogen and oxygen atoms in total. The molecule has 0 aliphatic carbocycles. The first-order valence-electron chi connectivity index (χ1n) is 10.4. The summed E-state index contributed by atoms with van der Waals surface area (Å²) in [6, 6.07) is 8.75. The van der Waals surface area contributed by atoms with Gasteiger partial charge >= 0.3 is 0 Å². The molecule has 0 fully saturated rings. The van der Waals surface area contributed by atoms with Gasteiger partial charge in [0.1, 0.15) is 12.3 Å². The largest absolute Gasteiger partial charge is 0.360 e. The Balaban J connectivity index is 2.08. The SMILES string of the molecule is CCN(CC)CCCC(C)N(CC(=O)Nc1cc(C)on1)C(=O)c1ccc(Br)cc1. The highest BCUT2D eigenvalue weighted by molar-refractivity contribution is 9.10. The average molecular weight is 479 g/mol. The first-order chi connectivity index (χ1) is 14.3. The number of carbonyl (C=O) groups excluding carboxylic acids is 2. The fraction of sp³-hybridized carbons (Fsp3) is 0.500. The van der Waals surface area contributed by atoms with Crippen molar-refractivity contribution < 1.29 is 14.1 Å². The molecule has 0 aliphatic heterocycles. The van der Waals surface area contributed by atoms with E-state index in [1.54, 1.807) is 30.0 Å². The molecule has 0 bridgehead atoms. The smallest absolute Gasteiger partial charge is 0.254 e. The average Bonchev–Trinajstić information content (AvgIpc) is 3.13. The van der Waals surface area contributed by atoms with Crippen molar-refractivity contribution in [2.45, 2.75) is 46.6 Å². The predicted octanol–water partition coefficient (Wildman–Crippen LogP) is 4.34. The lowest BCUT2D eigenvalue weighted by molar-refractivity contribution is -0.117. The third-order valence-electron chi connectivity index (χ3n) is 5.08. The molecule has 164 valence electrons. The van der Waals surface area contributed by atoms with Gasteiger partial charge in [0.15, 0.2) is 5.82 Å². The lowest BCUT2D eigenvalue weighted by Crippen LogP contribution is -2.44. The number of rotatable bonds is 11. The van der Waals surface area contributed by atoms with Gasteiger partial charge in [-0.15, -0.1) is 0 Å². The summed E-state index contributed by atoms with van der Waals surface area (Å²) in [6.07, 6.45) is 1.77. The Bertz CT molecular complexity index is 818. The molecular formula is C22H31BrN4O3. The zero-order valence-corrected chi connectivity index (χ0v) is 19.7. The van der Waals surface area contributed by atoms with Crippen LogP contribution < -0.4 is 5.32 Å². The molecule has 30 heavy (non-hydrogen) atoms. The number of nitrogens with one attached hydrogen (secondary N) is 1. The van der Waals surface area contributed by atoms with E-state index in [1.165, 1.54) is 0 Å². The van der Waals surface area contributed by atoms with E-state index in [9.17, 15) is 9.59 Å². The highest BCUT2D eigenvalue weighted by atomic mass is 79.9. The van der Waals surface area contributed by atoms with E-state index in [0.29, 0.717) is 17.1 Å². The molecule has 1 aromatic carbocycles. The van der Waals surface area contributed by atoms with E-state index < -0.39 is 0 Å². The fourth-order valence-electron chi connectivity index (χ4n) is 3.25. The number of hydrogen-bond donors (Lipinski definition) is 1. The van der Waals surface area contributed by atoms with Crippen molar-refractivity contribution in [1.29, 1.82) is 0 Å². The second kappa shape index (κ2) is 11.9. The second-order valence-corrected chi connectivity index (χ2v) is 8.24. The lowest BCUT2D eigenvalue weighted by Gasteiger charge is -2.29. The summed E-state index contributed by atoms with van der Waals surface area (Å²) in [4.78, 5) is 29.8. The van der Waals surface area contributed by atoms with Gasteiger partial charge in [-0.3, -0.25) is 9.59 Å². The Labute approximate surface area is 186 Å². The van der Waals surface area contributed by atoms with E-state index in [4.69, 9.17) is 4.52 Å². The molecule has 1 atom stereocenters. The highest BCUT2D eigenvalue weighted by Crippen LogP contribution is 2.16. The molecule has 0 radical (unpaired) electrons. The topological polar surface area (TPSA) is 78.7 Å². The molecule has 0 aliphatic rings. The maximum atomic E-state index is 13.2. The predicted molar refractivity (Wildman–Crippen MR) is 122 cm³/mol. The van der Waals surface area contributed by atoms with Crippen LogP contribution in [0.15, 0.2) is 39.3 Å². The van der Waals surface area contributed by atoms with Crippen molar-refractivity contribution >= 4 is 33.6 Å². The van der Waals surface area contributed by atoms with Crippen LogP contribution in [0, 0.1) is 6.92 Å². The number of halogens is 1. The van der Waals surface area contributed by atoms with Gasteiger partial charge < -0.3 is 19.6 Å². The molecule has 1 heterocycles. The number of aromatic nitrogens is 1. The minimum absolute atomic E-state index is 0.0484. The van der Waals surface area contributed by atoms with Crippen LogP contribution >= 0.6 is 15.9 Å². The zero-order valence-electron chi connectivity index (χ0n) is 18.2. The molecule has 2 amide bonds. The summed E-state index contributed by atoms with van der Waals surface area (Å²) in [5, 5.41) is 6.49. The van der Waals surface area contributed by atoms with Crippen LogP contribution in [0.4, 0.5) is 5.82 Å². The molecule has 2 rings (SSSR count). The number of nitrogens with zero attached hydrogens (tertiary/aromatic N) is 3. The zero-order chi connectivity index (χ0) is 22.1. The van der Waals surface area contributed by atoms with Crippen molar-refractivity contribution in [3.8, 4) is 0 Å². The van der Waals surface area contributed by atoms with Crippen molar-refractivity contribution in [2.24, 2.45) is 0 Å². The van der Waals surface area contributed by atoms with Crippen LogP contribution in [0.3, 0.4) is 0 Å². The lowest BCUT2D eigenvalue weighted by atomic mass is 10.1. The van der Waals surface area contributed by atoms with Crippen molar-refractivity contribution in [3.05, 3.63) is 46.1 Å². The van der Waals surface area contributed by atoms with Crippen molar-refractivity contribution in [3.63, 3.8) is 0 Å². The van der Waals surface area contributed by atoms with Gasteiger partial charge in [-0.25, -0.2) is 0 Å². The summed E-state index contributed by atoms with van der Waals surface area (Å²) >= 11 is 3.39. The number of aryl methyl sites for hydroxylation is 1. The number of hydrogen-bond acceptors (Lipinski definition) is 5. The normalized spacial score (nSPS) is 12.1. The fourth-order valence-corrected chi connectivity index (χ4v) is 3.52. The second-order valence-electron chi connectivity index (χ2n) is 7.33. The Morgan fingerprint density at radius 2 is 1.87 bits per heavy atom. The first-order valence-corrected chi connectivity index (χ1v) is 11.1. The van der Waals surface area contributed by atoms with E-state index in [1.807, 2.05) is 19.1 Å². The number of amides is 2. The van der Waals surface area contributed by atoms with Gasteiger partial charge in [-0.2, -0.15) is 0 Å². The molecule has 8 heteroatoms. The van der Waals surface area contributed by atoms with E-state index >= 15 is 0 Å². The minimum Gasteiger partial charge on any atom is -0.360 e. The molecule has 1 aromatic heterocycles. The summed E-state index contributed by atoms with van der Waals surface area (Å²) < 4.78 is 5.89. The van der Waals surface area contributed by atoms with Gasteiger partial charge in [-0.05, 0) is 70.6 Å². The Kier molecular flexibility index (Phi) is 9.52. The first kappa shape index (κ1) is 24.1. The summed E-state index contributed by atoms with van der Waals surface area (Å²) in [5.74, 6) is 0.495. The summed E-state index contributed by atoms with van der Waals surface area (Å²) in [6.45, 7) is 11.0. The quantitative estimate of drug-likeness (QED) is 0.519. The van der Waals surface area contributed by atoms with Crippen molar-refractivity contribution in [2.75, 3.05) is 31.5 Å². The molecule has 0 spiro atoms. The van der Waals surface area contributed by atoms with Gasteiger partial charge in [-0.1, -0.05) is 34.9 Å². The van der Waals surface area contributed by atoms with Crippen LogP contribution in [0.1, 0.15) is 49.7 Å². The Morgan fingerprint density at radius 1 is 1.20 bits per heavy atom. The van der Waals surface area contributed by atoms with Gasteiger partial charge in [0.25, 0.3) is 5.91 Å².